The molecule has 7 aromatic heterocycles. The van der Waals surface area contributed by atoms with Crippen molar-refractivity contribution in [3.63, 3.8) is 0 Å². The van der Waals surface area contributed by atoms with Gasteiger partial charge in [-0.1, -0.05) is 114 Å². The molecule has 0 bridgehead atoms. The van der Waals surface area contributed by atoms with Crippen molar-refractivity contribution in [2.45, 2.75) is 64.0 Å². The zero-order valence-electron chi connectivity index (χ0n) is 61.2. The number of aromatic nitrogens is 11. The van der Waals surface area contributed by atoms with Gasteiger partial charge in [-0.25, -0.2) is 9.97 Å². The number of amides is 4. The third kappa shape index (κ3) is 20.0. The number of hydrogen-bond donors (Lipinski definition) is 4. The molecule has 4 amide bonds. The van der Waals surface area contributed by atoms with Gasteiger partial charge < -0.3 is 30.2 Å². The van der Waals surface area contributed by atoms with Crippen LogP contribution in [0.3, 0.4) is 0 Å². The van der Waals surface area contributed by atoms with Gasteiger partial charge in [0, 0.05) is 39.5 Å². The highest BCUT2D eigenvalue weighted by Crippen LogP contribution is 2.38. The monoisotopic (exact) mass is 1650 g/mol. The summed E-state index contributed by atoms with van der Waals surface area (Å²) in [5, 5.41) is 34.2. The highest BCUT2D eigenvalue weighted by molar-refractivity contribution is 6.11. The molecule has 16 rings (SSSR count). The number of carbonyl (C=O) groups is 4. The van der Waals surface area contributed by atoms with E-state index in [1.165, 1.54) is 96.1 Å². The summed E-state index contributed by atoms with van der Waals surface area (Å²) in [5.74, 6) is -1.04. The maximum Gasteiger partial charge on any atom is 0.416 e. The van der Waals surface area contributed by atoms with Crippen molar-refractivity contribution in [3.05, 3.63) is 340 Å². The van der Waals surface area contributed by atoms with Gasteiger partial charge in [0.05, 0.1) is 99.1 Å². The first-order valence-corrected chi connectivity index (χ1v) is 35.3. The minimum Gasteiger partial charge on any atom is -0.472 e. The van der Waals surface area contributed by atoms with Gasteiger partial charge in [-0.05, 0) is 144 Å². The number of hydrogen-bond acceptors (Lipinski definition) is 13. The first-order valence-electron chi connectivity index (χ1n) is 35.3. The molecule has 0 radical (unpaired) electrons. The summed E-state index contributed by atoms with van der Waals surface area (Å²) in [6.45, 7) is 2.43. The Morgan fingerprint density at radius 3 is 1.08 bits per heavy atom. The number of alkyl halides is 15. The lowest BCUT2D eigenvalue weighted by atomic mass is 10.1. The van der Waals surface area contributed by atoms with Gasteiger partial charge in [-0.15, -0.1) is 0 Å². The standard InChI is InChI=1S/C23H15F6N3O.C21H14F6N4O2.C20H14F3N5O.C19H15N3O2/c24-22(25,26)16-10-8-14(9-11-16)13-32-19-7-2-1-6-18(19)20(31-32)30-21(33)15-4-3-5-17(12-15)23(27,28)29;1-11-16(10-33-30-11)19(32)28-18-15-7-6-14(21(25,26)27)8-17(15)31(29-18)9-12-2-4-13(5-3-12)20(22,23)24;21-20(22,23)15-7-5-13(6-8-15)11-28-17-4-2-1-3-16(17)18(27-28)26-19(29)14-9-24-12-25-10-14;23-19(15-10-11-24-13-15)20-18-16-8-4-5-9-17(16)22(21-18)12-14-6-2-1-3-7-14/h1-12H,13H2,(H,30,31,33);2-8,10H,9H2,1H3,(H,28,29,32);1-10,12H,11H2,(H,26,27,29);1-11,13H,12H2,(H,20,21,23). The Morgan fingerprint density at radius 2 is 0.689 bits per heavy atom. The van der Waals surface area contributed by atoms with Crippen LogP contribution in [0.15, 0.2) is 271 Å². The number of furan rings is 1. The average molecular weight is 1650 g/mol. The quantitative estimate of drug-likeness (QED) is 0.0658. The lowest BCUT2D eigenvalue weighted by Gasteiger charge is -2.09. The van der Waals surface area contributed by atoms with E-state index in [9.17, 15) is 85.0 Å². The van der Waals surface area contributed by atoms with Crippen molar-refractivity contribution >= 4 is 90.5 Å². The molecule has 0 saturated carbocycles. The zero-order chi connectivity index (χ0) is 84.6. The second-order valence-corrected chi connectivity index (χ2v) is 26.2. The maximum absolute atomic E-state index is 13.3. The fourth-order valence-electron chi connectivity index (χ4n) is 12.1. The van der Waals surface area contributed by atoms with Crippen molar-refractivity contribution in [3.8, 4) is 0 Å². The van der Waals surface area contributed by atoms with E-state index in [1.54, 1.807) is 35.0 Å². The molecule has 0 unspecified atom stereocenters. The van der Waals surface area contributed by atoms with Crippen LogP contribution in [-0.2, 0) is 57.1 Å². The summed E-state index contributed by atoms with van der Waals surface area (Å²) in [6.07, 6.45) is -14.4. The molecule has 0 aliphatic heterocycles. The van der Waals surface area contributed by atoms with E-state index in [0.29, 0.717) is 62.4 Å². The molecule has 0 aliphatic carbocycles. The molecule has 0 atom stereocenters. The number of halogens is 15. The summed E-state index contributed by atoms with van der Waals surface area (Å²) in [5.41, 5.74) is 1.86. The van der Waals surface area contributed by atoms with E-state index in [1.807, 2.05) is 71.4 Å². The van der Waals surface area contributed by atoms with E-state index in [4.69, 9.17) is 8.94 Å². The van der Waals surface area contributed by atoms with Crippen LogP contribution >= 0.6 is 0 Å². The summed E-state index contributed by atoms with van der Waals surface area (Å²) in [4.78, 5) is 57.4. The summed E-state index contributed by atoms with van der Waals surface area (Å²) in [7, 11) is 0. The number of nitrogens with one attached hydrogen (secondary N) is 4. The normalized spacial score (nSPS) is 11.8. The smallest absolute Gasteiger partial charge is 0.416 e. The Bertz CT molecular complexity index is 6280. The lowest BCUT2D eigenvalue weighted by molar-refractivity contribution is -0.138. The fourth-order valence-corrected chi connectivity index (χ4v) is 12.1. The average Bonchev–Trinajstić information content (AvgIpc) is 1.71. The van der Waals surface area contributed by atoms with Gasteiger partial charge >= 0.3 is 30.9 Å². The molecule has 606 valence electrons. The molecule has 9 aromatic carbocycles. The molecule has 0 spiro atoms. The molecule has 36 heteroatoms. The van der Waals surface area contributed by atoms with Gasteiger partial charge in [0.2, 0.25) is 0 Å². The number of fused-ring (bicyclic) bond motifs is 4. The largest absolute Gasteiger partial charge is 0.472 e. The zero-order valence-corrected chi connectivity index (χ0v) is 61.2. The van der Waals surface area contributed by atoms with Gasteiger partial charge in [0.25, 0.3) is 23.6 Å². The van der Waals surface area contributed by atoms with Crippen molar-refractivity contribution in [1.82, 2.24) is 54.2 Å². The first kappa shape index (κ1) is 82.2. The Balaban J connectivity index is 0.000000138. The number of benzene rings is 9. The Labute approximate surface area is 661 Å². The number of para-hydroxylation sites is 3. The molecular formula is C83H58F15N15O6. The fraction of sp³-hybridized carbons (Fsp3) is 0.120. The van der Waals surface area contributed by atoms with Crippen LogP contribution in [0.25, 0.3) is 43.6 Å². The van der Waals surface area contributed by atoms with Gasteiger partial charge in [0.1, 0.15) is 24.4 Å². The second kappa shape index (κ2) is 34.4. The molecule has 7 heterocycles. The topological polar surface area (TPSA) is 253 Å². The maximum atomic E-state index is 13.3. The van der Waals surface area contributed by atoms with Crippen LogP contribution < -0.4 is 21.3 Å². The van der Waals surface area contributed by atoms with E-state index < -0.39 is 76.4 Å². The highest BCUT2D eigenvalue weighted by Gasteiger charge is 2.35. The first-order chi connectivity index (χ1) is 56.7. The van der Waals surface area contributed by atoms with Crippen LogP contribution in [0.2, 0.25) is 0 Å². The van der Waals surface area contributed by atoms with E-state index in [0.717, 1.165) is 95.0 Å². The number of rotatable bonds is 16. The molecule has 119 heavy (non-hydrogen) atoms. The third-order valence-electron chi connectivity index (χ3n) is 18.0. The molecule has 16 aromatic rings. The summed E-state index contributed by atoms with van der Waals surface area (Å²) >= 11 is 0. The molecule has 4 N–H and O–H groups in total. The Hall–Kier alpha value is -14.7. The Kier molecular flexibility index (Phi) is 23.8. The highest BCUT2D eigenvalue weighted by atomic mass is 19.4. The van der Waals surface area contributed by atoms with Crippen molar-refractivity contribution in [1.29, 1.82) is 0 Å². The van der Waals surface area contributed by atoms with Gasteiger partial charge in [-0.3, -0.25) is 37.9 Å². The predicted octanol–water partition coefficient (Wildman–Crippen LogP) is 20.1. The minimum atomic E-state index is -4.62. The van der Waals surface area contributed by atoms with Crippen LogP contribution in [0.5, 0.6) is 0 Å². The minimum absolute atomic E-state index is 0.0174. The number of carbonyl (C=O) groups excluding carboxylic acids is 4. The predicted molar refractivity (Wildman–Crippen MR) is 406 cm³/mol. The van der Waals surface area contributed by atoms with Crippen LogP contribution in [0.1, 0.15) is 97.2 Å². The summed E-state index contributed by atoms with van der Waals surface area (Å²) in [6, 6.07) is 54.3. The van der Waals surface area contributed by atoms with E-state index >= 15 is 0 Å². The second-order valence-electron chi connectivity index (χ2n) is 26.2. The number of anilines is 4. The SMILES string of the molecule is Cc1nocc1C(=O)Nc1nn(Cc2ccc(C(F)(F)F)cc2)c2cc(C(F)(F)F)ccc12.O=C(Nc1nn(Cc2ccc(C(F)(F)F)cc2)c2ccccc12)c1cccc(C(F)(F)F)c1.O=C(Nc1nn(Cc2ccc(C(F)(F)F)cc2)c2ccccc12)c1cncnc1.O=C(Nc1nn(Cc2ccccc2)c2ccccc12)c1ccoc1. The molecule has 0 saturated heterocycles. The number of nitrogens with zero attached hydrogens (tertiary/aromatic N) is 11. The molecular weight excluding hydrogens is 1590 g/mol. The van der Waals surface area contributed by atoms with Crippen LogP contribution in [0.4, 0.5) is 89.1 Å². The number of aryl methyl sites for hydroxylation is 1. The van der Waals surface area contributed by atoms with Gasteiger partial charge in [-0.2, -0.15) is 86.3 Å². The van der Waals surface area contributed by atoms with Gasteiger partial charge in [0.15, 0.2) is 23.3 Å². The third-order valence-corrected chi connectivity index (χ3v) is 18.0. The molecule has 0 aliphatic rings. The summed E-state index contributed by atoms with van der Waals surface area (Å²) < 4.78 is 210. The Morgan fingerprint density at radius 1 is 0.336 bits per heavy atom. The van der Waals surface area contributed by atoms with Crippen molar-refractivity contribution in [2.75, 3.05) is 21.3 Å². The van der Waals surface area contributed by atoms with Crippen molar-refractivity contribution in [2.24, 2.45) is 0 Å². The molecule has 21 nitrogen and oxygen atoms in total. The van der Waals surface area contributed by atoms with Crippen molar-refractivity contribution < 1.29 is 94.0 Å². The lowest BCUT2D eigenvalue weighted by Crippen LogP contribution is -2.14. The van der Waals surface area contributed by atoms with E-state index in [-0.39, 0.29) is 64.8 Å². The van der Waals surface area contributed by atoms with E-state index in [2.05, 4.69) is 68.9 Å². The van der Waals surface area contributed by atoms with Crippen LogP contribution in [-0.4, -0.2) is 77.9 Å². The molecule has 0 fully saturated rings. The van der Waals surface area contributed by atoms with Crippen LogP contribution in [0, 0.1) is 6.92 Å².